The number of hydrogen-bond acceptors (Lipinski definition) is 2. The smallest absolute Gasteiger partial charge is 0.0727 e. The molecule has 0 amide bonds. The molecular weight excluding hydrogens is 292 g/mol. The predicted molar refractivity (Wildman–Crippen MR) is 95.5 cm³/mol. The van der Waals surface area contributed by atoms with Crippen LogP contribution in [0, 0.1) is 0 Å². The molecule has 1 aromatic carbocycles. The van der Waals surface area contributed by atoms with E-state index in [-0.39, 0.29) is 0 Å². The molecule has 2 nitrogen and oxygen atoms in total. The van der Waals surface area contributed by atoms with Crippen LogP contribution in [0.4, 0.5) is 5.69 Å². The first kappa shape index (κ1) is 15.6. The molecule has 2 N–H and O–H groups in total. The Hall–Kier alpha value is -1.28. The third kappa shape index (κ3) is 3.55. The number of benzene rings is 1. The van der Waals surface area contributed by atoms with Crippen molar-refractivity contribution in [3.05, 3.63) is 34.5 Å². The minimum absolute atomic E-state index is 0.731. The normalized spacial score (nSPS) is 17.5. The maximum Gasteiger partial charge on any atom is 0.0727 e. The summed E-state index contributed by atoms with van der Waals surface area (Å²) in [6.45, 7) is 0. The van der Waals surface area contributed by atoms with Gasteiger partial charge in [0.15, 0.2) is 0 Å². The zero-order chi connectivity index (χ0) is 15.4. The van der Waals surface area contributed by atoms with Crippen molar-refractivity contribution < 1.29 is 0 Å². The number of fused-ring (bicyclic) bond motifs is 2. The zero-order valence-corrected chi connectivity index (χ0v) is 14.0. The van der Waals surface area contributed by atoms with Crippen molar-refractivity contribution in [3.8, 4) is 0 Å². The van der Waals surface area contributed by atoms with Crippen LogP contribution >= 0.6 is 11.6 Å². The summed E-state index contributed by atoms with van der Waals surface area (Å²) in [5.74, 6) is 0. The first-order valence-corrected chi connectivity index (χ1v) is 9.00. The molecule has 0 saturated heterocycles. The van der Waals surface area contributed by atoms with Gasteiger partial charge in [-0.15, -0.1) is 0 Å². The summed E-state index contributed by atoms with van der Waals surface area (Å²) in [6, 6.07) is 5.85. The van der Waals surface area contributed by atoms with E-state index in [9.17, 15) is 0 Å². The Morgan fingerprint density at radius 1 is 0.864 bits per heavy atom. The molecule has 3 rings (SSSR count). The van der Waals surface area contributed by atoms with Crippen LogP contribution in [0.2, 0.25) is 5.02 Å². The number of halogens is 1. The lowest BCUT2D eigenvalue weighted by molar-refractivity contribution is 0.558. The van der Waals surface area contributed by atoms with Gasteiger partial charge in [-0.3, -0.25) is 4.98 Å². The molecule has 118 valence electrons. The van der Waals surface area contributed by atoms with Gasteiger partial charge in [0, 0.05) is 21.8 Å². The quantitative estimate of drug-likeness (QED) is 0.678. The molecule has 0 bridgehead atoms. The Labute approximate surface area is 138 Å². The molecule has 0 radical (unpaired) electrons. The summed E-state index contributed by atoms with van der Waals surface area (Å²) in [5.41, 5.74) is 10.9. The SMILES string of the molecule is Nc1c2c(nc3ccc(Cl)cc13)CCCCCCCCCC2. The van der Waals surface area contributed by atoms with Gasteiger partial charge in [0.2, 0.25) is 0 Å². The predicted octanol–water partition coefficient (Wildman–Crippen LogP) is 5.69. The average Bonchev–Trinajstić information content (AvgIpc) is 2.50. The number of pyridine rings is 1. The summed E-state index contributed by atoms with van der Waals surface area (Å²) >= 11 is 6.14. The number of aryl methyl sites for hydroxylation is 1. The van der Waals surface area contributed by atoms with Gasteiger partial charge in [0.25, 0.3) is 0 Å². The maximum absolute atomic E-state index is 6.49. The molecule has 0 fully saturated rings. The van der Waals surface area contributed by atoms with Gasteiger partial charge in [-0.1, -0.05) is 50.1 Å². The second-order valence-electron chi connectivity index (χ2n) is 6.44. The fourth-order valence-corrected chi connectivity index (χ4v) is 3.67. The molecule has 1 heterocycles. The second kappa shape index (κ2) is 7.32. The van der Waals surface area contributed by atoms with Crippen LogP contribution in [0.3, 0.4) is 0 Å². The molecule has 22 heavy (non-hydrogen) atoms. The van der Waals surface area contributed by atoms with E-state index in [1.165, 1.54) is 62.6 Å². The lowest BCUT2D eigenvalue weighted by Gasteiger charge is -2.16. The topological polar surface area (TPSA) is 38.9 Å². The molecule has 0 spiro atoms. The molecule has 2 aromatic rings. The van der Waals surface area contributed by atoms with Crippen molar-refractivity contribution in [2.24, 2.45) is 0 Å². The largest absolute Gasteiger partial charge is 0.398 e. The number of rotatable bonds is 0. The van der Waals surface area contributed by atoms with E-state index in [2.05, 4.69) is 0 Å². The Morgan fingerprint density at radius 3 is 2.23 bits per heavy atom. The Bertz CT molecular complexity index is 651. The number of hydrogen-bond donors (Lipinski definition) is 1. The van der Waals surface area contributed by atoms with Crippen LogP contribution in [0.5, 0.6) is 0 Å². The number of anilines is 1. The van der Waals surface area contributed by atoms with Crippen molar-refractivity contribution in [2.75, 3.05) is 5.73 Å². The van der Waals surface area contributed by atoms with Gasteiger partial charge >= 0.3 is 0 Å². The van der Waals surface area contributed by atoms with E-state index in [0.29, 0.717) is 0 Å². The molecule has 3 heteroatoms. The van der Waals surface area contributed by atoms with E-state index in [4.69, 9.17) is 22.3 Å². The monoisotopic (exact) mass is 316 g/mol. The van der Waals surface area contributed by atoms with Crippen LogP contribution in [0.1, 0.15) is 62.6 Å². The number of aromatic nitrogens is 1. The Balaban J connectivity index is 1.99. The molecule has 0 saturated carbocycles. The number of nitrogens with zero attached hydrogens (tertiary/aromatic N) is 1. The van der Waals surface area contributed by atoms with E-state index in [1.807, 2.05) is 18.2 Å². The van der Waals surface area contributed by atoms with E-state index < -0.39 is 0 Å². The minimum Gasteiger partial charge on any atom is -0.398 e. The first-order valence-electron chi connectivity index (χ1n) is 8.62. The molecule has 1 aliphatic carbocycles. The highest BCUT2D eigenvalue weighted by atomic mass is 35.5. The zero-order valence-electron chi connectivity index (χ0n) is 13.2. The highest BCUT2D eigenvalue weighted by molar-refractivity contribution is 6.31. The van der Waals surface area contributed by atoms with Gasteiger partial charge in [-0.2, -0.15) is 0 Å². The van der Waals surface area contributed by atoms with Crippen LogP contribution in [0.15, 0.2) is 18.2 Å². The molecular formula is C19H25ClN2. The standard InChI is InChI=1S/C19H25ClN2/c20-14-11-12-18-16(13-14)19(21)15-9-7-5-3-1-2-4-6-8-10-17(15)22-18/h11-13H,1-10H2,(H2,21,22). The summed E-state index contributed by atoms with van der Waals surface area (Å²) in [4.78, 5) is 4.91. The van der Waals surface area contributed by atoms with Gasteiger partial charge in [0.05, 0.1) is 5.52 Å². The molecule has 0 unspecified atom stereocenters. The molecule has 0 aliphatic heterocycles. The molecule has 0 atom stereocenters. The van der Waals surface area contributed by atoms with Gasteiger partial charge in [0.1, 0.15) is 0 Å². The van der Waals surface area contributed by atoms with Crippen LogP contribution in [-0.4, -0.2) is 4.98 Å². The van der Waals surface area contributed by atoms with Crippen molar-refractivity contribution in [1.82, 2.24) is 4.98 Å². The van der Waals surface area contributed by atoms with Gasteiger partial charge in [-0.05, 0) is 49.4 Å². The summed E-state index contributed by atoms with van der Waals surface area (Å²) in [5, 5.41) is 1.74. The summed E-state index contributed by atoms with van der Waals surface area (Å²) < 4.78 is 0. The van der Waals surface area contributed by atoms with Gasteiger partial charge < -0.3 is 5.73 Å². The van der Waals surface area contributed by atoms with E-state index in [0.717, 1.165) is 34.5 Å². The fourth-order valence-electron chi connectivity index (χ4n) is 3.49. The van der Waals surface area contributed by atoms with E-state index >= 15 is 0 Å². The first-order chi connectivity index (χ1) is 10.8. The third-order valence-corrected chi connectivity index (χ3v) is 5.00. The van der Waals surface area contributed by atoms with Crippen LogP contribution < -0.4 is 5.73 Å². The lowest BCUT2D eigenvalue weighted by atomic mass is 9.95. The highest BCUT2D eigenvalue weighted by Crippen LogP contribution is 2.30. The highest BCUT2D eigenvalue weighted by Gasteiger charge is 2.13. The molecule has 1 aliphatic rings. The van der Waals surface area contributed by atoms with Gasteiger partial charge in [-0.25, -0.2) is 0 Å². The van der Waals surface area contributed by atoms with Crippen molar-refractivity contribution in [3.63, 3.8) is 0 Å². The maximum atomic E-state index is 6.49. The number of nitrogens with two attached hydrogens (primary N) is 1. The average molecular weight is 317 g/mol. The second-order valence-corrected chi connectivity index (χ2v) is 6.88. The minimum atomic E-state index is 0.731. The molecule has 1 aromatic heterocycles. The lowest BCUT2D eigenvalue weighted by Crippen LogP contribution is -2.06. The Kier molecular flexibility index (Phi) is 5.20. The summed E-state index contributed by atoms with van der Waals surface area (Å²) in [7, 11) is 0. The van der Waals surface area contributed by atoms with Crippen molar-refractivity contribution in [2.45, 2.75) is 64.2 Å². The van der Waals surface area contributed by atoms with Crippen LogP contribution in [0.25, 0.3) is 10.9 Å². The fraction of sp³-hybridized carbons (Fsp3) is 0.526. The number of nitrogen functional groups attached to an aromatic ring is 1. The van der Waals surface area contributed by atoms with Crippen molar-refractivity contribution >= 4 is 28.2 Å². The van der Waals surface area contributed by atoms with Crippen molar-refractivity contribution in [1.29, 1.82) is 0 Å². The van der Waals surface area contributed by atoms with E-state index in [1.54, 1.807) is 0 Å². The van der Waals surface area contributed by atoms with Crippen LogP contribution in [-0.2, 0) is 12.8 Å². The Morgan fingerprint density at radius 2 is 1.50 bits per heavy atom. The third-order valence-electron chi connectivity index (χ3n) is 4.77. The summed E-state index contributed by atoms with van der Waals surface area (Å²) in [6.07, 6.45) is 12.6.